The fourth-order valence-electron chi connectivity index (χ4n) is 5.79. The number of carbonyl (C=O) groups is 1. The lowest BCUT2D eigenvalue weighted by atomic mass is 9.71. The molecule has 2 saturated carbocycles. The van der Waals surface area contributed by atoms with E-state index < -0.39 is 5.60 Å². The van der Waals surface area contributed by atoms with Crippen LogP contribution in [0.4, 0.5) is 5.69 Å². The van der Waals surface area contributed by atoms with Crippen molar-refractivity contribution in [2.75, 3.05) is 18.5 Å². The third-order valence-corrected chi connectivity index (χ3v) is 8.77. The molecular formula is C35H51N5O2. The smallest absolute Gasteiger partial charge is 0.258 e. The van der Waals surface area contributed by atoms with Crippen LogP contribution in [0.2, 0.25) is 0 Å². The standard InChI is InChI=1S/C30H38N2O2.C3H7N3.C2H6/c1-4-8-23-15-24(20(3)31-19-30(34)11-7-12-30)17-27-28(23)18-32(29(27)33)26-10-6-9-22(16-26)25-13-21(5-2)14-25;1-6(2-4)3-5;1-2/h5-6,9-10,15-17,20-21,25,31,34H,2,4,7-8,11-14,18-19H2,1,3H3;2-5H,1H3;1-2H3. The number of amides is 1. The Morgan fingerprint density at radius 1 is 1.19 bits per heavy atom. The van der Waals surface area contributed by atoms with Crippen LogP contribution < -0.4 is 10.2 Å². The van der Waals surface area contributed by atoms with Gasteiger partial charge in [0.1, 0.15) is 0 Å². The second-order valence-corrected chi connectivity index (χ2v) is 11.7. The largest absolute Gasteiger partial charge is 0.389 e. The fraction of sp³-hybridized carbons (Fsp3) is 0.514. The summed E-state index contributed by atoms with van der Waals surface area (Å²) in [5, 5.41) is 26.9. The van der Waals surface area contributed by atoms with Crippen LogP contribution in [0.5, 0.6) is 0 Å². The van der Waals surface area contributed by atoms with Crippen molar-refractivity contribution in [3.8, 4) is 0 Å². The SMILES string of the molecule is C=CC1CC(c2cccc(N3Cc4c(CCC)cc(C(C)NCC5(O)CCC5)cc4C3=O)c2)C1.CC.CN(C=N)C=N. The van der Waals surface area contributed by atoms with E-state index in [4.69, 9.17) is 10.8 Å². The van der Waals surface area contributed by atoms with E-state index >= 15 is 0 Å². The van der Waals surface area contributed by atoms with Crippen LogP contribution in [0, 0.1) is 16.7 Å². The molecule has 2 aromatic rings. The highest BCUT2D eigenvalue weighted by Gasteiger charge is 2.35. The zero-order valence-electron chi connectivity index (χ0n) is 26.2. The van der Waals surface area contributed by atoms with Crippen molar-refractivity contribution in [2.45, 2.75) is 96.7 Å². The molecule has 0 bridgehead atoms. The van der Waals surface area contributed by atoms with Gasteiger partial charge >= 0.3 is 0 Å². The molecule has 228 valence electrons. The average molecular weight is 574 g/mol. The van der Waals surface area contributed by atoms with Crippen molar-refractivity contribution in [3.63, 3.8) is 0 Å². The van der Waals surface area contributed by atoms with Gasteiger partial charge < -0.3 is 20.2 Å². The Balaban J connectivity index is 0.000000541. The minimum absolute atomic E-state index is 0.0899. The lowest BCUT2D eigenvalue weighted by Crippen LogP contribution is -2.46. The summed E-state index contributed by atoms with van der Waals surface area (Å²) in [6.45, 7) is 13.5. The number of nitrogens with one attached hydrogen (secondary N) is 3. The lowest BCUT2D eigenvalue weighted by Gasteiger charge is -2.37. The summed E-state index contributed by atoms with van der Waals surface area (Å²) < 4.78 is 0. The minimum Gasteiger partial charge on any atom is -0.389 e. The van der Waals surface area contributed by atoms with Crippen molar-refractivity contribution in [3.05, 3.63) is 76.9 Å². The third-order valence-electron chi connectivity index (χ3n) is 8.77. The molecule has 0 saturated heterocycles. The second-order valence-electron chi connectivity index (χ2n) is 11.7. The number of rotatable bonds is 11. The zero-order chi connectivity index (χ0) is 30.9. The molecule has 5 rings (SSSR count). The first kappa shape index (κ1) is 33.2. The minimum atomic E-state index is -0.555. The van der Waals surface area contributed by atoms with Crippen LogP contribution >= 0.6 is 0 Å². The van der Waals surface area contributed by atoms with Gasteiger partial charge in [0.15, 0.2) is 0 Å². The highest BCUT2D eigenvalue weighted by molar-refractivity contribution is 6.10. The van der Waals surface area contributed by atoms with Gasteiger partial charge in [-0.2, -0.15) is 0 Å². The fourth-order valence-corrected chi connectivity index (χ4v) is 5.79. The maximum atomic E-state index is 13.6. The van der Waals surface area contributed by atoms with Gasteiger partial charge in [0.25, 0.3) is 5.91 Å². The van der Waals surface area contributed by atoms with Crippen molar-refractivity contribution < 1.29 is 9.90 Å². The van der Waals surface area contributed by atoms with Gasteiger partial charge in [0, 0.05) is 30.9 Å². The second kappa shape index (κ2) is 15.3. The summed E-state index contributed by atoms with van der Waals surface area (Å²) >= 11 is 0. The highest BCUT2D eigenvalue weighted by atomic mass is 16.3. The summed E-state index contributed by atoms with van der Waals surface area (Å²) in [6.07, 6.45) is 11.4. The first-order valence-corrected chi connectivity index (χ1v) is 15.6. The molecule has 2 fully saturated rings. The molecule has 0 radical (unpaired) electrons. The summed E-state index contributed by atoms with van der Waals surface area (Å²) in [6, 6.07) is 13.0. The van der Waals surface area contributed by atoms with E-state index in [9.17, 15) is 9.90 Å². The number of nitrogens with zero attached hydrogens (tertiary/aromatic N) is 2. The van der Waals surface area contributed by atoms with Crippen LogP contribution in [0.15, 0.2) is 49.1 Å². The molecule has 0 spiro atoms. The molecule has 2 aromatic carbocycles. The molecule has 4 N–H and O–H groups in total. The van der Waals surface area contributed by atoms with Crippen LogP contribution in [0.25, 0.3) is 0 Å². The van der Waals surface area contributed by atoms with E-state index in [1.54, 1.807) is 7.05 Å². The van der Waals surface area contributed by atoms with E-state index in [2.05, 4.69) is 68.2 Å². The van der Waals surface area contributed by atoms with Gasteiger partial charge in [0.2, 0.25) is 0 Å². The maximum Gasteiger partial charge on any atom is 0.258 e. The number of carbonyl (C=O) groups excluding carboxylic acids is 1. The van der Waals surface area contributed by atoms with Crippen molar-refractivity contribution in [2.24, 2.45) is 5.92 Å². The summed E-state index contributed by atoms with van der Waals surface area (Å²) in [7, 11) is 1.62. The van der Waals surface area contributed by atoms with Gasteiger partial charge in [-0.3, -0.25) is 15.6 Å². The molecule has 1 amide bonds. The van der Waals surface area contributed by atoms with Crippen LogP contribution in [0.1, 0.15) is 111 Å². The number of anilines is 1. The summed E-state index contributed by atoms with van der Waals surface area (Å²) in [5.74, 6) is 1.30. The normalized spacial score (nSPS) is 20.3. The first-order chi connectivity index (χ1) is 20.2. The van der Waals surface area contributed by atoms with Gasteiger partial charge in [0.05, 0.1) is 24.8 Å². The Labute approximate surface area is 253 Å². The molecule has 42 heavy (non-hydrogen) atoms. The van der Waals surface area contributed by atoms with Crippen molar-refractivity contribution in [1.82, 2.24) is 10.2 Å². The van der Waals surface area contributed by atoms with E-state index in [0.29, 0.717) is 24.9 Å². The molecular weight excluding hydrogens is 522 g/mol. The number of allylic oxidation sites excluding steroid dienone is 1. The Kier molecular flexibility index (Phi) is 12.1. The molecule has 1 aliphatic heterocycles. The van der Waals surface area contributed by atoms with Crippen molar-refractivity contribution >= 4 is 24.3 Å². The number of aliphatic hydroxyl groups is 1. The summed E-state index contributed by atoms with van der Waals surface area (Å²) in [4.78, 5) is 16.9. The number of fused-ring (bicyclic) bond motifs is 1. The van der Waals surface area contributed by atoms with E-state index in [1.807, 2.05) is 18.7 Å². The molecule has 2 aliphatic carbocycles. The quantitative estimate of drug-likeness (QED) is 0.130. The zero-order valence-corrected chi connectivity index (χ0v) is 26.2. The Bertz CT molecular complexity index is 1220. The van der Waals surface area contributed by atoms with Crippen LogP contribution in [-0.2, 0) is 13.0 Å². The van der Waals surface area contributed by atoms with Crippen LogP contribution in [-0.4, -0.2) is 47.8 Å². The molecule has 1 atom stereocenters. The summed E-state index contributed by atoms with van der Waals surface area (Å²) in [5.41, 5.74) is 6.23. The molecule has 1 heterocycles. The van der Waals surface area contributed by atoms with Gasteiger partial charge in [-0.1, -0.05) is 51.5 Å². The molecule has 7 nitrogen and oxygen atoms in total. The topological polar surface area (TPSA) is 104 Å². The van der Waals surface area contributed by atoms with Gasteiger partial charge in [-0.15, -0.1) is 6.58 Å². The number of aryl methyl sites for hydroxylation is 1. The molecule has 3 aliphatic rings. The van der Waals surface area contributed by atoms with Gasteiger partial charge in [-0.05, 0) is 97.7 Å². The molecule has 1 unspecified atom stereocenters. The van der Waals surface area contributed by atoms with Crippen LogP contribution in [0.3, 0.4) is 0 Å². The maximum absolute atomic E-state index is 13.6. The first-order valence-electron chi connectivity index (χ1n) is 15.6. The lowest BCUT2D eigenvalue weighted by molar-refractivity contribution is -0.0329. The van der Waals surface area contributed by atoms with E-state index in [1.165, 1.54) is 21.6 Å². The highest BCUT2D eigenvalue weighted by Crippen LogP contribution is 2.43. The predicted molar refractivity (Wildman–Crippen MR) is 175 cm³/mol. The number of benzene rings is 2. The monoisotopic (exact) mass is 573 g/mol. The Morgan fingerprint density at radius 2 is 1.88 bits per heavy atom. The molecule has 0 aromatic heterocycles. The predicted octanol–water partition coefficient (Wildman–Crippen LogP) is 7.20. The van der Waals surface area contributed by atoms with Gasteiger partial charge in [-0.25, -0.2) is 0 Å². The van der Waals surface area contributed by atoms with E-state index in [-0.39, 0.29) is 11.9 Å². The Hall–Kier alpha value is -3.29. The Morgan fingerprint density at radius 3 is 2.43 bits per heavy atom. The van der Waals surface area contributed by atoms with E-state index in [0.717, 1.165) is 74.4 Å². The number of hydrogen-bond acceptors (Lipinski definition) is 5. The number of hydrogen-bond donors (Lipinski definition) is 4. The van der Waals surface area contributed by atoms with Crippen molar-refractivity contribution in [1.29, 1.82) is 10.8 Å². The third kappa shape index (κ3) is 7.75. The average Bonchev–Trinajstić information content (AvgIpc) is 3.32. The molecule has 7 heteroatoms.